The van der Waals surface area contributed by atoms with Gasteiger partial charge < -0.3 is 0 Å². The lowest BCUT2D eigenvalue weighted by molar-refractivity contribution is -0.140. The number of rotatable bonds is 4. The number of aromatic nitrogens is 1. The number of sulfonamides is 1. The van der Waals surface area contributed by atoms with Crippen molar-refractivity contribution in [2.24, 2.45) is 0 Å². The first kappa shape index (κ1) is 21.4. The number of fused-ring (bicyclic) bond motifs is 1. The molecule has 2 amide bonds. The second-order valence-electron chi connectivity index (χ2n) is 6.63. The van der Waals surface area contributed by atoms with E-state index in [9.17, 15) is 35.6 Å². The molecule has 164 valence electrons. The molecule has 4 rings (SSSR count). The van der Waals surface area contributed by atoms with Crippen LogP contribution in [0.5, 0.6) is 0 Å². The summed E-state index contributed by atoms with van der Waals surface area (Å²) >= 11 is 0. The molecule has 0 unspecified atom stereocenters. The van der Waals surface area contributed by atoms with Crippen molar-refractivity contribution >= 4 is 33.2 Å². The number of pyridine rings is 1. The summed E-state index contributed by atoms with van der Waals surface area (Å²) in [5.41, 5.74) is -2.30. The van der Waals surface area contributed by atoms with E-state index in [1.54, 1.807) is 0 Å². The molecule has 1 aliphatic rings. The molecule has 1 aliphatic heterocycles. The molecular formula is C20H11F4N3O4S. The van der Waals surface area contributed by atoms with Crippen LogP contribution >= 0.6 is 0 Å². The summed E-state index contributed by atoms with van der Waals surface area (Å²) in [5.74, 6) is -3.20. The Morgan fingerprint density at radius 2 is 1.72 bits per heavy atom. The van der Waals surface area contributed by atoms with Gasteiger partial charge in [0.15, 0.2) is 0 Å². The van der Waals surface area contributed by atoms with E-state index in [-0.39, 0.29) is 28.6 Å². The first-order valence-electron chi connectivity index (χ1n) is 8.82. The van der Waals surface area contributed by atoms with Crippen molar-refractivity contribution in [2.45, 2.75) is 11.1 Å². The summed E-state index contributed by atoms with van der Waals surface area (Å²) < 4.78 is 79.9. The third-order valence-corrected chi connectivity index (χ3v) is 5.98. The van der Waals surface area contributed by atoms with Gasteiger partial charge in [0.1, 0.15) is 5.82 Å². The zero-order valence-electron chi connectivity index (χ0n) is 15.7. The standard InChI is InChI=1S/C20H11F4N3O4S/c21-15-7-6-12(9-14(15)20(22,23)24)32(30,31)26-16-5-1-4-13-17(16)19(29)27(18(13)28)11-3-2-8-25-10-11/h1-10,26H. The van der Waals surface area contributed by atoms with Gasteiger partial charge in [0, 0.05) is 6.20 Å². The maximum Gasteiger partial charge on any atom is 0.419 e. The van der Waals surface area contributed by atoms with Crippen LogP contribution in [-0.4, -0.2) is 25.2 Å². The summed E-state index contributed by atoms with van der Waals surface area (Å²) in [7, 11) is -4.67. The Morgan fingerprint density at radius 1 is 0.969 bits per heavy atom. The van der Waals surface area contributed by atoms with Gasteiger partial charge in [0.05, 0.1) is 39.2 Å². The van der Waals surface area contributed by atoms with Gasteiger partial charge in [-0.3, -0.25) is 19.3 Å². The number of halogens is 4. The fraction of sp³-hybridized carbons (Fsp3) is 0.0500. The summed E-state index contributed by atoms with van der Waals surface area (Å²) in [6, 6.07) is 7.93. The van der Waals surface area contributed by atoms with Gasteiger partial charge in [-0.15, -0.1) is 0 Å². The van der Waals surface area contributed by atoms with Crippen LogP contribution in [0.4, 0.5) is 28.9 Å². The highest BCUT2D eigenvalue weighted by molar-refractivity contribution is 7.92. The molecule has 0 radical (unpaired) electrons. The highest BCUT2D eigenvalue weighted by Gasteiger charge is 2.40. The van der Waals surface area contributed by atoms with Crippen LogP contribution in [0.1, 0.15) is 26.3 Å². The highest BCUT2D eigenvalue weighted by Crippen LogP contribution is 2.35. The van der Waals surface area contributed by atoms with Crippen molar-refractivity contribution in [1.82, 2.24) is 4.98 Å². The molecule has 7 nitrogen and oxygen atoms in total. The molecule has 32 heavy (non-hydrogen) atoms. The number of amides is 2. The number of carbonyl (C=O) groups is 2. The van der Waals surface area contributed by atoms with Crippen LogP contribution in [0.15, 0.2) is 65.8 Å². The zero-order chi connectivity index (χ0) is 23.3. The molecular weight excluding hydrogens is 454 g/mol. The van der Waals surface area contributed by atoms with Crippen LogP contribution in [0.2, 0.25) is 0 Å². The van der Waals surface area contributed by atoms with Crippen LogP contribution in [0, 0.1) is 5.82 Å². The quantitative estimate of drug-likeness (QED) is 0.467. The average molecular weight is 465 g/mol. The van der Waals surface area contributed by atoms with Crippen LogP contribution in [-0.2, 0) is 16.2 Å². The van der Waals surface area contributed by atoms with Crippen LogP contribution < -0.4 is 9.62 Å². The lowest BCUT2D eigenvalue weighted by Gasteiger charge is -2.14. The summed E-state index contributed by atoms with van der Waals surface area (Å²) in [4.78, 5) is 29.4. The normalized spacial score (nSPS) is 13.9. The van der Waals surface area contributed by atoms with Crippen molar-refractivity contribution < 1.29 is 35.6 Å². The van der Waals surface area contributed by atoms with Gasteiger partial charge in [0.2, 0.25) is 0 Å². The van der Waals surface area contributed by atoms with E-state index in [4.69, 9.17) is 0 Å². The molecule has 1 aromatic heterocycles. The number of alkyl halides is 3. The Labute approximate surface area is 178 Å². The number of anilines is 2. The van der Waals surface area contributed by atoms with Crippen LogP contribution in [0.3, 0.4) is 0 Å². The molecule has 12 heteroatoms. The van der Waals surface area contributed by atoms with Gasteiger partial charge in [-0.2, -0.15) is 13.2 Å². The minimum Gasteiger partial charge on any atom is -0.279 e. The predicted octanol–water partition coefficient (Wildman–Crippen LogP) is 3.84. The Hall–Kier alpha value is -3.80. The van der Waals surface area contributed by atoms with Crippen LogP contribution in [0.25, 0.3) is 0 Å². The number of benzene rings is 2. The Bertz CT molecular complexity index is 1360. The number of nitrogens with zero attached hydrogens (tertiary/aromatic N) is 2. The first-order valence-corrected chi connectivity index (χ1v) is 10.3. The van der Waals surface area contributed by atoms with Gasteiger partial charge in [-0.25, -0.2) is 17.7 Å². The minimum absolute atomic E-state index is 0.103. The van der Waals surface area contributed by atoms with Gasteiger partial charge in [-0.05, 0) is 42.5 Å². The van der Waals surface area contributed by atoms with Crippen molar-refractivity contribution in [3.05, 3.63) is 83.4 Å². The lowest BCUT2D eigenvalue weighted by atomic mass is 10.1. The molecule has 0 atom stereocenters. The summed E-state index contributed by atoms with van der Waals surface area (Å²) in [6.07, 6.45) is -2.42. The topological polar surface area (TPSA) is 96.4 Å². The van der Waals surface area contributed by atoms with E-state index in [1.165, 1.54) is 42.7 Å². The lowest BCUT2D eigenvalue weighted by Crippen LogP contribution is -2.29. The Balaban J connectivity index is 1.75. The van der Waals surface area contributed by atoms with Gasteiger partial charge in [0.25, 0.3) is 21.8 Å². The average Bonchev–Trinajstić information content (AvgIpc) is 2.99. The molecule has 2 heterocycles. The minimum atomic E-state index is -5.11. The number of hydrogen-bond donors (Lipinski definition) is 1. The van der Waals surface area contributed by atoms with Crippen molar-refractivity contribution in [3.63, 3.8) is 0 Å². The van der Waals surface area contributed by atoms with E-state index in [1.807, 2.05) is 4.72 Å². The summed E-state index contributed by atoms with van der Waals surface area (Å²) in [6.45, 7) is 0. The van der Waals surface area contributed by atoms with Crippen molar-refractivity contribution in [3.8, 4) is 0 Å². The third kappa shape index (κ3) is 3.58. The van der Waals surface area contributed by atoms with Gasteiger partial charge >= 0.3 is 6.18 Å². The number of nitrogens with one attached hydrogen (secondary N) is 1. The molecule has 3 aromatic rings. The summed E-state index contributed by atoms with van der Waals surface area (Å²) in [5, 5.41) is 0. The van der Waals surface area contributed by atoms with E-state index >= 15 is 0 Å². The number of imide groups is 1. The fourth-order valence-electron chi connectivity index (χ4n) is 3.18. The Morgan fingerprint density at radius 3 is 2.38 bits per heavy atom. The molecule has 0 fully saturated rings. The Kier molecular flexibility index (Phi) is 4.96. The monoisotopic (exact) mass is 465 g/mol. The second kappa shape index (κ2) is 7.41. The van der Waals surface area contributed by atoms with E-state index in [0.717, 1.165) is 4.90 Å². The molecule has 0 spiro atoms. The maximum absolute atomic E-state index is 13.5. The SMILES string of the molecule is O=C1c2cccc(NS(=O)(=O)c3ccc(F)c(C(F)(F)F)c3)c2C(=O)N1c1cccnc1. The molecule has 0 saturated heterocycles. The molecule has 1 N–H and O–H groups in total. The third-order valence-electron chi connectivity index (χ3n) is 4.62. The van der Waals surface area contributed by atoms with Crippen molar-refractivity contribution in [1.29, 1.82) is 0 Å². The smallest absolute Gasteiger partial charge is 0.279 e. The number of hydrogen-bond acceptors (Lipinski definition) is 5. The van der Waals surface area contributed by atoms with Gasteiger partial charge in [-0.1, -0.05) is 6.07 Å². The second-order valence-corrected chi connectivity index (χ2v) is 8.31. The largest absolute Gasteiger partial charge is 0.419 e. The molecule has 0 bridgehead atoms. The predicted molar refractivity (Wildman–Crippen MR) is 104 cm³/mol. The molecule has 2 aromatic carbocycles. The maximum atomic E-state index is 13.5. The molecule has 0 saturated carbocycles. The van der Waals surface area contributed by atoms with Crippen molar-refractivity contribution in [2.75, 3.05) is 9.62 Å². The first-order chi connectivity index (χ1) is 15.0. The van der Waals surface area contributed by atoms with E-state index in [0.29, 0.717) is 12.1 Å². The van der Waals surface area contributed by atoms with E-state index in [2.05, 4.69) is 4.98 Å². The zero-order valence-corrected chi connectivity index (χ0v) is 16.5. The number of carbonyl (C=O) groups excluding carboxylic acids is 2. The highest BCUT2D eigenvalue weighted by atomic mass is 32.2. The van der Waals surface area contributed by atoms with E-state index < -0.39 is 44.3 Å². The fourth-order valence-corrected chi connectivity index (χ4v) is 4.28. The molecule has 0 aliphatic carbocycles.